The smallest absolute Gasteiger partial charge is 0.248 e. The predicted octanol–water partition coefficient (Wildman–Crippen LogP) is 2.79. The number of anilines is 2. The maximum Gasteiger partial charge on any atom is 0.248 e. The van der Waals surface area contributed by atoms with Crippen LogP contribution in [-0.2, 0) is 11.2 Å². The second-order valence-electron chi connectivity index (χ2n) is 5.35. The number of hydrogen-bond acceptors (Lipinski definition) is 3. The number of nitrogens with one attached hydrogen (secondary N) is 2. The lowest BCUT2D eigenvalue weighted by molar-refractivity contribution is -0.116. The lowest BCUT2D eigenvalue weighted by Gasteiger charge is -2.16. The molecule has 2 aromatic rings. The van der Waals surface area contributed by atoms with Gasteiger partial charge in [0.25, 0.3) is 0 Å². The Morgan fingerprint density at radius 1 is 1.09 bits per heavy atom. The Kier molecular flexibility index (Phi) is 5.36. The van der Waals surface area contributed by atoms with E-state index in [1.54, 1.807) is 31.2 Å². The van der Waals surface area contributed by atoms with Crippen molar-refractivity contribution in [2.75, 3.05) is 10.6 Å². The summed E-state index contributed by atoms with van der Waals surface area (Å²) in [4.78, 5) is 23.2. The van der Waals surface area contributed by atoms with Crippen LogP contribution in [0.2, 0.25) is 0 Å². The Hall–Kier alpha value is -2.82. The van der Waals surface area contributed by atoms with Gasteiger partial charge in [-0.2, -0.15) is 0 Å². The highest BCUT2D eigenvalue weighted by Gasteiger charge is 2.13. The van der Waals surface area contributed by atoms with Crippen LogP contribution >= 0.6 is 0 Å². The monoisotopic (exact) mass is 311 g/mol. The van der Waals surface area contributed by atoms with Crippen molar-refractivity contribution in [2.45, 2.75) is 26.3 Å². The molecule has 2 rings (SSSR count). The lowest BCUT2D eigenvalue weighted by atomic mass is 10.1. The minimum Gasteiger partial charge on any atom is -0.374 e. The van der Waals surface area contributed by atoms with Gasteiger partial charge < -0.3 is 16.4 Å². The zero-order chi connectivity index (χ0) is 16.8. The SMILES string of the molecule is CCc1cccc(N[C@H](C)C(=O)Nc2ccc(C(N)=O)cc2)c1. The molecule has 1 atom stereocenters. The first-order valence-corrected chi connectivity index (χ1v) is 7.56. The van der Waals surface area contributed by atoms with Crippen molar-refractivity contribution < 1.29 is 9.59 Å². The third kappa shape index (κ3) is 4.57. The molecule has 23 heavy (non-hydrogen) atoms. The first-order chi connectivity index (χ1) is 11.0. The number of carbonyl (C=O) groups excluding carboxylic acids is 2. The number of primary amides is 1. The van der Waals surface area contributed by atoms with E-state index in [0.717, 1.165) is 12.1 Å². The Morgan fingerprint density at radius 2 is 1.78 bits per heavy atom. The molecule has 0 spiro atoms. The molecule has 2 amide bonds. The van der Waals surface area contributed by atoms with Crippen LogP contribution in [0.4, 0.5) is 11.4 Å². The summed E-state index contributed by atoms with van der Waals surface area (Å²) in [6.07, 6.45) is 0.947. The molecule has 0 unspecified atom stereocenters. The average molecular weight is 311 g/mol. The van der Waals surface area contributed by atoms with Gasteiger partial charge in [-0.25, -0.2) is 0 Å². The van der Waals surface area contributed by atoms with Crippen molar-refractivity contribution in [3.8, 4) is 0 Å². The fraction of sp³-hybridized carbons (Fsp3) is 0.222. The van der Waals surface area contributed by atoms with Crippen LogP contribution in [-0.4, -0.2) is 17.9 Å². The van der Waals surface area contributed by atoms with E-state index < -0.39 is 11.9 Å². The van der Waals surface area contributed by atoms with Crippen molar-refractivity contribution in [3.63, 3.8) is 0 Å². The van der Waals surface area contributed by atoms with Crippen molar-refractivity contribution in [3.05, 3.63) is 59.7 Å². The fourth-order valence-corrected chi connectivity index (χ4v) is 2.16. The fourth-order valence-electron chi connectivity index (χ4n) is 2.16. The van der Waals surface area contributed by atoms with Gasteiger partial charge in [-0.05, 0) is 55.3 Å². The predicted molar refractivity (Wildman–Crippen MR) is 92.5 cm³/mol. The summed E-state index contributed by atoms with van der Waals surface area (Å²) in [6.45, 7) is 3.89. The standard InChI is InChI=1S/C18H21N3O2/c1-3-13-5-4-6-16(11-13)20-12(2)18(23)21-15-9-7-14(8-10-15)17(19)22/h4-12,20H,3H2,1-2H3,(H2,19,22)(H,21,23)/t12-/m1/s1. The van der Waals surface area contributed by atoms with Gasteiger partial charge in [0.2, 0.25) is 11.8 Å². The second kappa shape index (κ2) is 7.45. The molecule has 0 heterocycles. The molecule has 0 aromatic heterocycles. The molecule has 120 valence electrons. The highest BCUT2D eigenvalue weighted by molar-refractivity contribution is 5.97. The van der Waals surface area contributed by atoms with E-state index in [-0.39, 0.29) is 5.91 Å². The van der Waals surface area contributed by atoms with E-state index in [9.17, 15) is 9.59 Å². The van der Waals surface area contributed by atoms with Crippen molar-refractivity contribution in [1.29, 1.82) is 0 Å². The molecule has 5 heteroatoms. The number of hydrogen-bond donors (Lipinski definition) is 3. The molecule has 0 aliphatic rings. The molecule has 5 nitrogen and oxygen atoms in total. The summed E-state index contributed by atoms with van der Waals surface area (Å²) < 4.78 is 0. The Morgan fingerprint density at radius 3 is 2.39 bits per heavy atom. The Bertz CT molecular complexity index is 696. The minimum absolute atomic E-state index is 0.154. The van der Waals surface area contributed by atoms with Crippen LogP contribution in [0.25, 0.3) is 0 Å². The zero-order valence-electron chi connectivity index (χ0n) is 13.3. The quantitative estimate of drug-likeness (QED) is 0.767. The van der Waals surface area contributed by atoms with Gasteiger partial charge in [0.1, 0.15) is 6.04 Å². The van der Waals surface area contributed by atoms with E-state index in [0.29, 0.717) is 11.3 Å². The second-order valence-corrected chi connectivity index (χ2v) is 5.35. The van der Waals surface area contributed by atoms with Gasteiger partial charge in [-0.15, -0.1) is 0 Å². The third-order valence-corrected chi connectivity index (χ3v) is 3.55. The number of rotatable bonds is 6. The van der Waals surface area contributed by atoms with Crippen LogP contribution in [0.1, 0.15) is 29.8 Å². The number of amides is 2. The number of benzene rings is 2. The normalized spacial score (nSPS) is 11.6. The molecular formula is C18H21N3O2. The largest absolute Gasteiger partial charge is 0.374 e. The molecule has 0 bridgehead atoms. The summed E-state index contributed by atoms with van der Waals surface area (Å²) in [6, 6.07) is 14.1. The van der Waals surface area contributed by atoms with E-state index in [2.05, 4.69) is 23.6 Å². The summed E-state index contributed by atoms with van der Waals surface area (Å²) in [5.41, 5.74) is 8.34. The summed E-state index contributed by atoms with van der Waals surface area (Å²) in [7, 11) is 0. The Balaban J connectivity index is 1.97. The highest BCUT2D eigenvalue weighted by Crippen LogP contribution is 2.14. The minimum atomic E-state index is -0.492. The number of aryl methyl sites for hydroxylation is 1. The molecule has 0 saturated carbocycles. The lowest BCUT2D eigenvalue weighted by Crippen LogP contribution is -2.31. The van der Waals surface area contributed by atoms with Crippen molar-refractivity contribution >= 4 is 23.2 Å². The molecule has 4 N–H and O–H groups in total. The van der Waals surface area contributed by atoms with Crippen LogP contribution in [0, 0.1) is 0 Å². The maximum atomic E-state index is 12.2. The molecule has 0 aliphatic heterocycles. The molecule has 0 radical (unpaired) electrons. The molecule has 0 fully saturated rings. The van der Waals surface area contributed by atoms with Gasteiger partial charge >= 0.3 is 0 Å². The Labute approximate surface area is 135 Å². The summed E-state index contributed by atoms with van der Waals surface area (Å²) in [5.74, 6) is -0.646. The zero-order valence-corrected chi connectivity index (χ0v) is 13.3. The summed E-state index contributed by atoms with van der Waals surface area (Å²) in [5, 5.41) is 5.98. The first kappa shape index (κ1) is 16.5. The van der Waals surface area contributed by atoms with Gasteiger partial charge in [0.15, 0.2) is 0 Å². The van der Waals surface area contributed by atoms with Gasteiger partial charge in [0, 0.05) is 16.9 Å². The molecular weight excluding hydrogens is 290 g/mol. The molecule has 0 saturated heterocycles. The first-order valence-electron chi connectivity index (χ1n) is 7.56. The van der Waals surface area contributed by atoms with E-state index in [1.807, 2.05) is 18.2 Å². The molecule has 0 aliphatic carbocycles. The van der Waals surface area contributed by atoms with Gasteiger partial charge in [-0.3, -0.25) is 9.59 Å². The van der Waals surface area contributed by atoms with Crippen molar-refractivity contribution in [1.82, 2.24) is 0 Å². The van der Waals surface area contributed by atoms with Crippen LogP contribution in [0.5, 0.6) is 0 Å². The molecule has 2 aromatic carbocycles. The average Bonchev–Trinajstić information content (AvgIpc) is 2.55. The van der Waals surface area contributed by atoms with Crippen molar-refractivity contribution in [2.24, 2.45) is 5.73 Å². The van der Waals surface area contributed by atoms with E-state index >= 15 is 0 Å². The van der Waals surface area contributed by atoms with Crippen LogP contribution in [0.3, 0.4) is 0 Å². The van der Waals surface area contributed by atoms with E-state index in [4.69, 9.17) is 5.73 Å². The maximum absolute atomic E-state index is 12.2. The summed E-state index contributed by atoms with van der Waals surface area (Å²) >= 11 is 0. The number of nitrogens with two attached hydrogens (primary N) is 1. The number of carbonyl (C=O) groups is 2. The van der Waals surface area contributed by atoms with Crippen LogP contribution < -0.4 is 16.4 Å². The highest BCUT2D eigenvalue weighted by atomic mass is 16.2. The van der Waals surface area contributed by atoms with Gasteiger partial charge in [-0.1, -0.05) is 19.1 Å². The van der Waals surface area contributed by atoms with E-state index in [1.165, 1.54) is 5.56 Å². The third-order valence-electron chi connectivity index (χ3n) is 3.55. The van der Waals surface area contributed by atoms with Crippen LogP contribution in [0.15, 0.2) is 48.5 Å². The van der Waals surface area contributed by atoms with Gasteiger partial charge in [0.05, 0.1) is 0 Å². The topological polar surface area (TPSA) is 84.2 Å².